The lowest BCUT2D eigenvalue weighted by Crippen LogP contribution is -2.19. The Hall–Kier alpha value is -3.36. The predicted molar refractivity (Wildman–Crippen MR) is 85.0 cm³/mol. The highest BCUT2D eigenvalue weighted by Crippen LogP contribution is 2.22. The van der Waals surface area contributed by atoms with Crippen LogP contribution in [0.25, 0.3) is 0 Å². The van der Waals surface area contributed by atoms with Crippen LogP contribution in [0.3, 0.4) is 0 Å². The van der Waals surface area contributed by atoms with Gasteiger partial charge < -0.3 is 15.8 Å². The van der Waals surface area contributed by atoms with Crippen LogP contribution in [0.4, 0.5) is 20.2 Å². The number of azo groups is 1. The van der Waals surface area contributed by atoms with Crippen LogP contribution < -0.4 is 10.6 Å². The van der Waals surface area contributed by atoms with Crippen LogP contribution in [0.2, 0.25) is 0 Å². The third kappa shape index (κ3) is 3.94. The number of nitrogens with one attached hydrogen (secondary N) is 2. The first kappa shape index (κ1) is 18.0. The molecule has 0 aromatic heterocycles. The van der Waals surface area contributed by atoms with Gasteiger partial charge >= 0.3 is 0 Å². The zero-order chi connectivity index (χ0) is 18.6. The Morgan fingerprint density at radius 1 is 0.960 bits per heavy atom. The van der Waals surface area contributed by atoms with E-state index in [2.05, 4.69) is 15.7 Å². The molecule has 2 aromatic carbocycles. The van der Waals surface area contributed by atoms with Crippen LogP contribution >= 0.6 is 0 Å². The number of benzene rings is 2. The lowest BCUT2D eigenvalue weighted by atomic mass is 10.2. The maximum Gasteiger partial charge on any atom is 0.254 e. The van der Waals surface area contributed by atoms with Crippen molar-refractivity contribution in [3.8, 4) is 0 Å². The number of amides is 2. The van der Waals surface area contributed by atoms with Gasteiger partial charge in [-0.05, 0) is 18.2 Å². The SMILES string of the molecule is CNC(=O)c1ccc(N=[N+]([O-])c2ccc(C(=O)NC)c(F)c2)cc1F. The fraction of sp³-hybridized carbons (Fsp3) is 0.125. The molecule has 0 spiro atoms. The summed E-state index contributed by atoms with van der Waals surface area (Å²) in [7, 11) is 2.71. The predicted octanol–water partition coefficient (Wildman–Crippen LogP) is 2.61. The fourth-order valence-corrected chi connectivity index (χ4v) is 1.99. The first-order valence-corrected chi connectivity index (χ1v) is 7.09. The molecule has 2 amide bonds. The summed E-state index contributed by atoms with van der Waals surface area (Å²) in [5, 5.41) is 20.1. The summed E-state index contributed by atoms with van der Waals surface area (Å²) in [6.45, 7) is 0. The van der Waals surface area contributed by atoms with Gasteiger partial charge in [-0.3, -0.25) is 9.59 Å². The molecule has 2 rings (SSSR count). The molecule has 0 aliphatic rings. The van der Waals surface area contributed by atoms with Crippen LogP contribution in [0.1, 0.15) is 20.7 Å². The van der Waals surface area contributed by atoms with Crippen molar-refractivity contribution in [2.45, 2.75) is 0 Å². The van der Waals surface area contributed by atoms with Crippen LogP contribution in [0.5, 0.6) is 0 Å². The number of carbonyl (C=O) groups excluding carboxylic acids is 2. The largest absolute Gasteiger partial charge is 0.594 e. The Bertz CT molecular complexity index is 868. The molecule has 2 N–H and O–H groups in total. The number of rotatable bonds is 4. The smallest absolute Gasteiger partial charge is 0.254 e. The van der Waals surface area contributed by atoms with Gasteiger partial charge in [0.25, 0.3) is 11.8 Å². The van der Waals surface area contributed by atoms with E-state index in [1.54, 1.807) is 0 Å². The van der Waals surface area contributed by atoms with Crippen molar-refractivity contribution in [2.75, 3.05) is 14.1 Å². The first-order valence-electron chi connectivity index (χ1n) is 7.09. The van der Waals surface area contributed by atoms with E-state index in [1.807, 2.05) is 0 Å². The Labute approximate surface area is 141 Å². The zero-order valence-electron chi connectivity index (χ0n) is 13.3. The van der Waals surface area contributed by atoms with E-state index < -0.39 is 23.4 Å². The number of halogens is 2. The third-order valence-corrected chi connectivity index (χ3v) is 3.28. The van der Waals surface area contributed by atoms with Gasteiger partial charge in [0.05, 0.1) is 17.2 Å². The highest BCUT2D eigenvalue weighted by molar-refractivity contribution is 5.95. The number of nitrogens with zero attached hydrogens (tertiary/aromatic N) is 2. The van der Waals surface area contributed by atoms with Crippen LogP contribution in [-0.4, -0.2) is 30.8 Å². The van der Waals surface area contributed by atoms with Gasteiger partial charge in [0.1, 0.15) is 17.3 Å². The summed E-state index contributed by atoms with van der Waals surface area (Å²) in [4.78, 5) is 22.9. The fourth-order valence-electron chi connectivity index (χ4n) is 1.99. The monoisotopic (exact) mass is 348 g/mol. The average molecular weight is 348 g/mol. The average Bonchev–Trinajstić information content (AvgIpc) is 2.60. The molecule has 0 unspecified atom stereocenters. The van der Waals surface area contributed by atoms with Crippen molar-refractivity contribution in [1.29, 1.82) is 0 Å². The van der Waals surface area contributed by atoms with E-state index in [4.69, 9.17) is 0 Å². The van der Waals surface area contributed by atoms with Gasteiger partial charge in [-0.25, -0.2) is 8.78 Å². The second-order valence-electron chi connectivity index (χ2n) is 4.86. The maximum atomic E-state index is 13.9. The topological polar surface area (TPSA) is 96.6 Å². The van der Waals surface area contributed by atoms with E-state index in [0.29, 0.717) is 0 Å². The quantitative estimate of drug-likeness (QED) is 0.505. The Morgan fingerprint density at radius 2 is 1.48 bits per heavy atom. The summed E-state index contributed by atoms with van der Waals surface area (Å²) in [6.07, 6.45) is 0. The molecular weight excluding hydrogens is 334 g/mol. The number of hydrogen-bond acceptors (Lipinski definition) is 4. The minimum absolute atomic E-state index is 0.0593. The van der Waals surface area contributed by atoms with Gasteiger partial charge in [0.2, 0.25) is 5.69 Å². The van der Waals surface area contributed by atoms with Crippen molar-refractivity contribution >= 4 is 23.2 Å². The highest BCUT2D eigenvalue weighted by Gasteiger charge is 2.15. The standard InChI is InChI=1S/C16H14F2N4O3/c1-19-15(23)11-5-3-9(7-13(11)17)21-22(25)10-4-6-12(14(18)8-10)16(24)20-2/h3-8H,1-2H3,(H,19,23)(H,20,24). The molecule has 0 saturated carbocycles. The third-order valence-electron chi connectivity index (χ3n) is 3.28. The minimum atomic E-state index is -0.894. The molecule has 9 heteroatoms. The van der Waals surface area contributed by atoms with Crippen molar-refractivity contribution in [2.24, 2.45) is 5.11 Å². The van der Waals surface area contributed by atoms with Gasteiger partial charge in [-0.15, -0.1) is 0 Å². The molecule has 0 radical (unpaired) electrons. The van der Waals surface area contributed by atoms with E-state index >= 15 is 0 Å². The minimum Gasteiger partial charge on any atom is -0.594 e. The van der Waals surface area contributed by atoms with Crippen molar-refractivity contribution in [3.05, 3.63) is 64.4 Å². The van der Waals surface area contributed by atoms with Crippen molar-refractivity contribution in [1.82, 2.24) is 10.6 Å². The van der Waals surface area contributed by atoms with Crippen molar-refractivity contribution in [3.63, 3.8) is 0 Å². The van der Waals surface area contributed by atoms with Crippen LogP contribution in [0.15, 0.2) is 41.5 Å². The molecule has 25 heavy (non-hydrogen) atoms. The molecule has 0 bridgehead atoms. The van der Waals surface area contributed by atoms with E-state index in [-0.39, 0.29) is 27.4 Å². The Morgan fingerprint density at radius 3 is 1.96 bits per heavy atom. The van der Waals surface area contributed by atoms with Gasteiger partial charge in [-0.1, -0.05) is 4.86 Å². The summed E-state index contributed by atoms with van der Waals surface area (Å²) < 4.78 is 27.7. The van der Waals surface area contributed by atoms with E-state index in [0.717, 1.165) is 18.2 Å². The molecular formula is C16H14F2N4O3. The number of carbonyl (C=O) groups is 2. The summed E-state index contributed by atoms with van der Waals surface area (Å²) >= 11 is 0. The van der Waals surface area contributed by atoms with Crippen molar-refractivity contribution < 1.29 is 23.2 Å². The summed E-state index contributed by atoms with van der Waals surface area (Å²) in [5.74, 6) is -3.00. The molecule has 0 fully saturated rings. The first-order chi connectivity index (χ1) is 11.9. The molecule has 0 saturated heterocycles. The molecule has 130 valence electrons. The molecule has 2 aromatic rings. The lowest BCUT2D eigenvalue weighted by molar-refractivity contribution is -0.435. The number of hydrogen-bond donors (Lipinski definition) is 2. The zero-order valence-corrected chi connectivity index (χ0v) is 13.3. The van der Waals surface area contributed by atoms with Gasteiger partial charge in [-0.2, -0.15) is 0 Å². The lowest BCUT2D eigenvalue weighted by Gasteiger charge is -2.04. The van der Waals surface area contributed by atoms with Gasteiger partial charge in [0.15, 0.2) is 0 Å². The summed E-state index contributed by atoms with van der Waals surface area (Å²) in [5.41, 5.74) is -0.655. The second kappa shape index (κ2) is 7.47. The van der Waals surface area contributed by atoms with E-state index in [9.17, 15) is 23.6 Å². The maximum absolute atomic E-state index is 13.9. The molecule has 7 nitrogen and oxygen atoms in total. The Balaban J connectivity index is 2.32. The molecule has 0 atom stereocenters. The van der Waals surface area contributed by atoms with Crippen LogP contribution in [0, 0.1) is 16.8 Å². The van der Waals surface area contributed by atoms with Crippen LogP contribution in [-0.2, 0) is 0 Å². The highest BCUT2D eigenvalue weighted by atomic mass is 19.1. The molecule has 0 aliphatic heterocycles. The van der Waals surface area contributed by atoms with Gasteiger partial charge in [0, 0.05) is 31.3 Å². The Kier molecular flexibility index (Phi) is 5.38. The molecule has 0 heterocycles. The normalized spacial score (nSPS) is 11.1. The molecule has 0 aliphatic carbocycles. The van der Waals surface area contributed by atoms with E-state index in [1.165, 1.54) is 32.3 Å². The second-order valence-corrected chi connectivity index (χ2v) is 4.86. The summed E-state index contributed by atoms with van der Waals surface area (Å²) in [6, 6.07) is 6.55.